The second-order valence-corrected chi connectivity index (χ2v) is 9.15. The lowest BCUT2D eigenvalue weighted by molar-refractivity contribution is -0.192. The van der Waals surface area contributed by atoms with Gasteiger partial charge in [-0.3, -0.25) is 24.5 Å². The number of fused-ring (bicyclic) bond motifs is 1. The number of alkyl halides is 3. The molecule has 1 aromatic carbocycles. The Hall–Kier alpha value is -4.43. The van der Waals surface area contributed by atoms with Crippen LogP contribution in [0.25, 0.3) is 0 Å². The van der Waals surface area contributed by atoms with E-state index in [-0.39, 0.29) is 30.1 Å². The number of aromatic nitrogens is 2. The lowest BCUT2D eigenvalue weighted by Gasteiger charge is -2.31. The summed E-state index contributed by atoms with van der Waals surface area (Å²) in [6, 6.07) is 5.65. The summed E-state index contributed by atoms with van der Waals surface area (Å²) in [6.45, 7) is 4.52. The third kappa shape index (κ3) is 9.12. The Kier molecular flexibility index (Phi) is 10.2. The first-order valence-corrected chi connectivity index (χ1v) is 11.7. The molecular formula is C24H29F3N6O6. The zero-order valence-corrected chi connectivity index (χ0v) is 21.2. The smallest absolute Gasteiger partial charge is 0.480 e. The number of amidine groups is 1. The van der Waals surface area contributed by atoms with Gasteiger partial charge in [-0.05, 0) is 24.5 Å². The van der Waals surface area contributed by atoms with E-state index < -0.39 is 24.2 Å². The van der Waals surface area contributed by atoms with Gasteiger partial charge in [-0.25, -0.2) is 4.79 Å². The van der Waals surface area contributed by atoms with E-state index in [0.717, 1.165) is 11.3 Å². The molecule has 1 aliphatic heterocycles. The maximum atomic E-state index is 13.3. The van der Waals surface area contributed by atoms with Gasteiger partial charge in [-0.1, -0.05) is 26.0 Å². The Labute approximate surface area is 221 Å². The van der Waals surface area contributed by atoms with Crippen LogP contribution in [0.2, 0.25) is 0 Å². The van der Waals surface area contributed by atoms with Crippen molar-refractivity contribution >= 4 is 29.6 Å². The highest BCUT2D eigenvalue weighted by Crippen LogP contribution is 2.20. The van der Waals surface area contributed by atoms with E-state index in [1.807, 2.05) is 13.8 Å². The van der Waals surface area contributed by atoms with Gasteiger partial charge < -0.3 is 26.2 Å². The Morgan fingerprint density at radius 1 is 1.13 bits per heavy atom. The summed E-state index contributed by atoms with van der Waals surface area (Å²) in [5.74, 6) is -4.18. The predicted octanol–water partition coefficient (Wildman–Crippen LogP) is 1.61. The van der Waals surface area contributed by atoms with Crippen LogP contribution in [0.4, 0.5) is 13.2 Å². The molecule has 1 atom stereocenters. The minimum atomic E-state index is -5.08. The lowest BCUT2D eigenvalue weighted by Crippen LogP contribution is -2.50. The van der Waals surface area contributed by atoms with E-state index in [1.54, 1.807) is 35.4 Å². The van der Waals surface area contributed by atoms with Crippen LogP contribution in [0.5, 0.6) is 0 Å². The maximum Gasteiger partial charge on any atom is 0.490 e. The van der Waals surface area contributed by atoms with Crippen LogP contribution >= 0.6 is 0 Å². The number of rotatable bonds is 8. The number of carboxylic acid groups (broad SMARTS) is 2. The Balaban J connectivity index is 0.000000673. The van der Waals surface area contributed by atoms with Crippen molar-refractivity contribution in [1.82, 2.24) is 20.0 Å². The van der Waals surface area contributed by atoms with Crippen molar-refractivity contribution in [1.29, 1.82) is 5.41 Å². The minimum absolute atomic E-state index is 0.0824. The Morgan fingerprint density at radius 2 is 1.69 bits per heavy atom. The number of nitrogens with one attached hydrogen (secondary N) is 2. The first-order chi connectivity index (χ1) is 18.1. The molecule has 2 aromatic rings. The molecule has 3 rings (SSSR count). The van der Waals surface area contributed by atoms with Crippen LogP contribution in [0.1, 0.15) is 47.4 Å². The number of carboxylic acids is 2. The van der Waals surface area contributed by atoms with Crippen molar-refractivity contribution in [3.63, 3.8) is 0 Å². The second kappa shape index (κ2) is 12.9. The number of hydrogen-bond acceptors (Lipinski definition) is 6. The second-order valence-electron chi connectivity index (χ2n) is 9.15. The van der Waals surface area contributed by atoms with E-state index in [2.05, 4.69) is 10.4 Å². The minimum Gasteiger partial charge on any atom is -0.480 e. The number of carbonyl (C=O) groups excluding carboxylic acids is 2. The zero-order chi connectivity index (χ0) is 29.5. The summed E-state index contributed by atoms with van der Waals surface area (Å²) in [5.41, 5.74) is 7.97. The van der Waals surface area contributed by atoms with Crippen molar-refractivity contribution in [2.75, 3.05) is 6.54 Å². The number of halogens is 3. The van der Waals surface area contributed by atoms with E-state index in [1.165, 1.54) is 4.68 Å². The molecule has 0 bridgehead atoms. The van der Waals surface area contributed by atoms with Crippen molar-refractivity contribution in [2.24, 2.45) is 11.7 Å². The van der Waals surface area contributed by atoms with Crippen LogP contribution in [-0.4, -0.2) is 73.2 Å². The van der Waals surface area contributed by atoms with Crippen molar-refractivity contribution in [3.05, 3.63) is 52.8 Å². The molecule has 0 aliphatic carbocycles. The summed E-state index contributed by atoms with van der Waals surface area (Å²) in [4.78, 5) is 47.6. The molecule has 6 N–H and O–H groups in total. The number of aliphatic carboxylic acids is 2. The van der Waals surface area contributed by atoms with Crippen LogP contribution in [0, 0.1) is 11.3 Å². The van der Waals surface area contributed by atoms with Crippen LogP contribution < -0.4 is 11.1 Å². The van der Waals surface area contributed by atoms with Crippen molar-refractivity contribution in [3.8, 4) is 0 Å². The number of carbonyl (C=O) groups is 4. The third-order valence-electron chi connectivity index (χ3n) is 5.52. The summed E-state index contributed by atoms with van der Waals surface area (Å²) < 4.78 is 33.1. The fourth-order valence-corrected chi connectivity index (χ4v) is 3.73. The molecule has 0 radical (unpaired) electrons. The molecule has 212 valence electrons. The van der Waals surface area contributed by atoms with E-state index in [0.29, 0.717) is 37.1 Å². The highest BCUT2D eigenvalue weighted by molar-refractivity contribution is 5.99. The van der Waals surface area contributed by atoms with Gasteiger partial charge in [-0.15, -0.1) is 0 Å². The van der Waals surface area contributed by atoms with Crippen LogP contribution in [0.15, 0.2) is 30.5 Å². The largest absolute Gasteiger partial charge is 0.490 e. The number of benzene rings is 1. The molecule has 1 aromatic heterocycles. The standard InChI is InChI=1S/C22H28N6O4.C2HF3O2/c1-13(2)9-18(25-21(31)15-5-3-14(4-6-15)20(23)24)22(32)27-8-7-17-16(10-27)11-28(26-17)12-19(29)30;3-2(4,5)1(6)7/h3-6,11,13,18H,7-10,12H2,1-2H3,(H3,23,24)(H,25,31)(H,29,30);(H,6,7)/t18-;/m0./s1. The van der Waals surface area contributed by atoms with Crippen molar-refractivity contribution in [2.45, 2.75) is 52.0 Å². The molecule has 39 heavy (non-hydrogen) atoms. The van der Waals surface area contributed by atoms with Gasteiger partial charge in [0, 0.05) is 42.4 Å². The van der Waals surface area contributed by atoms with Crippen LogP contribution in [0.3, 0.4) is 0 Å². The molecule has 0 fully saturated rings. The van der Waals surface area contributed by atoms with Gasteiger partial charge in [0.15, 0.2) is 0 Å². The average molecular weight is 555 g/mol. The first kappa shape index (κ1) is 30.8. The molecule has 0 unspecified atom stereocenters. The van der Waals surface area contributed by atoms with Gasteiger partial charge in [-0.2, -0.15) is 18.3 Å². The normalized spacial score (nSPS) is 13.5. The van der Waals surface area contributed by atoms with E-state index in [9.17, 15) is 27.6 Å². The number of amides is 2. The number of nitrogens with zero attached hydrogens (tertiary/aromatic N) is 3. The molecule has 2 heterocycles. The number of nitrogen functional groups attached to an aromatic ring is 1. The number of nitrogens with two attached hydrogens (primary N) is 1. The molecule has 1 aliphatic rings. The maximum absolute atomic E-state index is 13.3. The summed E-state index contributed by atoms with van der Waals surface area (Å²) in [6.07, 6.45) is -2.41. The van der Waals surface area contributed by atoms with Gasteiger partial charge in [0.25, 0.3) is 5.91 Å². The number of hydrogen-bond donors (Lipinski definition) is 5. The van der Waals surface area contributed by atoms with E-state index in [4.69, 9.17) is 26.2 Å². The quantitative estimate of drug-likeness (QED) is 0.240. The average Bonchev–Trinajstić information content (AvgIpc) is 3.23. The topological polar surface area (TPSA) is 192 Å². The van der Waals surface area contributed by atoms with Gasteiger partial charge in [0.1, 0.15) is 18.4 Å². The van der Waals surface area contributed by atoms with Gasteiger partial charge >= 0.3 is 18.1 Å². The fraction of sp³-hybridized carbons (Fsp3) is 0.417. The molecule has 2 amide bonds. The molecule has 15 heteroatoms. The molecule has 12 nitrogen and oxygen atoms in total. The predicted molar refractivity (Wildman–Crippen MR) is 131 cm³/mol. The highest BCUT2D eigenvalue weighted by atomic mass is 19.4. The Morgan fingerprint density at radius 3 is 2.18 bits per heavy atom. The molecule has 0 spiro atoms. The van der Waals surface area contributed by atoms with Gasteiger partial charge in [0.2, 0.25) is 5.91 Å². The lowest BCUT2D eigenvalue weighted by atomic mass is 10.00. The first-order valence-electron chi connectivity index (χ1n) is 11.7. The van der Waals surface area contributed by atoms with E-state index >= 15 is 0 Å². The zero-order valence-electron chi connectivity index (χ0n) is 21.2. The van der Waals surface area contributed by atoms with Gasteiger partial charge in [0.05, 0.1) is 5.69 Å². The fourth-order valence-electron chi connectivity index (χ4n) is 3.73. The molecular weight excluding hydrogens is 525 g/mol. The van der Waals surface area contributed by atoms with Crippen molar-refractivity contribution < 1.29 is 42.6 Å². The molecule has 0 saturated carbocycles. The third-order valence-corrected chi connectivity index (χ3v) is 5.52. The van der Waals surface area contributed by atoms with Crippen LogP contribution in [-0.2, 0) is 33.9 Å². The monoisotopic (exact) mass is 554 g/mol. The molecule has 0 saturated heterocycles. The summed E-state index contributed by atoms with van der Waals surface area (Å²) in [5, 5.41) is 30.7. The SMILES string of the molecule is CC(C)C[C@H](NC(=O)c1ccc(C(=N)N)cc1)C(=O)N1CCc2nn(CC(=O)O)cc2C1.O=C(O)C(F)(F)F. The highest BCUT2D eigenvalue weighted by Gasteiger charge is 2.38. The summed E-state index contributed by atoms with van der Waals surface area (Å²) >= 11 is 0. The Bertz CT molecular complexity index is 1230. The summed E-state index contributed by atoms with van der Waals surface area (Å²) in [7, 11) is 0.